The summed E-state index contributed by atoms with van der Waals surface area (Å²) in [4.78, 5) is 26.0. The second kappa shape index (κ2) is 18.8. The largest absolute Gasteiger partial charge is 0.456 e. The third-order valence-electron chi connectivity index (χ3n) is 13.4. The molecule has 0 radical (unpaired) electrons. The van der Waals surface area contributed by atoms with Crippen molar-refractivity contribution in [3.63, 3.8) is 0 Å². The number of hydrogen-bond donors (Lipinski definition) is 0. The molecule has 342 valence electrons. The Bertz CT molecular complexity index is 4020. The van der Waals surface area contributed by atoms with Crippen molar-refractivity contribution < 1.29 is 4.42 Å². The van der Waals surface area contributed by atoms with E-state index < -0.39 is 0 Å². The van der Waals surface area contributed by atoms with Crippen molar-refractivity contribution in [3.05, 3.63) is 261 Å². The van der Waals surface area contributed by atoms with Gasteiger partial charge in [0, 0.05) is 44.2 Å². The fourth-order valence-electron chi connectivity index (χ4n) is 9.57. The highest BCUT2D eigenvalue weighted by Gasteiger charge is 2.17. The molecule has 0 saturated heterocycles. The van der Waals surface area contributed by atoms with Gasteiger partial charge in [-0.25, -0.2) is 24.9 Å². The highest BCUT2D eigenvalue weighted by molar-refractivity contribution is 6.05. The molecule has 0 aliphatic heterocycles. The van der Waals surface area contributed by atoms with Gasteiger partial charge in [-0.3, -0.25) is 0 Å². The fourth-order valence-corrected chi connectivity index (χ4v) is 9.57. The molecule has 0 spiro atoms. The number of benzene rings is 10. The monoisotopic (exact) mass is 933 g/mol. The van der Waals surface area contributed by atoms with Crippen molar-refractivity contribution >= 4 is 21.9 Å². The van der Waals surface area contributed by atoms with Crippen LogP contribution < -0.4 is 0 Å². The number of furan rings is 1. The molecular formula is C67H43N5O. The Balaban J connectivity index is 0.892. The Hall–Kier alpha value is -9.91. The Morgan fingerprint density at radius 3 is 1.10 bits per heavy atom. The Morgan fingerprint density at radius 1 is 0.192 bits per heavy atom. The van der Waals surface area contributed by atoms with Crippen molar-refractivity contribution in [1.29, 1.82) is 0 Å². The molecule has 0 aliphatic rings. The third kappa shape index (κ3) is 8.75. The first-order chi connectivity index (χ1) is 36.1. The molecule has 13 rings (SSSR count). The number of aromatic nitrogens is 5. The summed E-state index contributed by atoms with van der Waals surface area (Å²) in [6.07, 6.45) is 0. The standard InChI is InChI=1S/C67H43N5O/c1-4-15-44(16-5-1)47-29-33-49(34-30-47)60-43-61(69-64(68-60)50-35-31-48(32-36-50)45-17-6-2-7-18-45)54-24-12-22-52(39-54)53-23-14-26-56(41-53)66-70-65(55-25-13-21-51(40-55)46-19-8-3-9-20-46)71-67(72-66)57-37-38-59-58-27-10-11-28-62(58)73-63(59)42-57/h1-43H. The second-order valence-electron chi connectivity index (χ2n) is 18.1. The maximum absolute atomic E-state index is 6.33. The van der Waals surface area contributed by atoms with Gasteiger partial charge in [-0.1, -0.05) is 218 Å². The van der Waals surface area contributed by atoms with Crippen LogP contribution in [-0.2, 0) is 0 Å². The molecule has 13 aromatic rings. The van der Waals surface area contributed by atoms with Crippen LogP contribution in [0, 0.1) is 0 Å². The smallest absolute Gasteiger partial charge is 0.164 e. The van der Waals surface area contributed by atoms with Gasteiger partial charge in [0.15, 0.2) is 23.3 Å². The molecule has 3 aromatic heterocycles. The summed E-state index contributed by atoms with van der Waals surface area (Å²) in [6.45, 7) is 0. The maximum atomic E-state index is 6.33. The third-order valence-corrected chi connectivity index (χ3v) is 13.4. The highest BCUT2D eigenvalue weighted by atomic mass is 16.3. The Labute approximate surface area is 422 Å². The minimum atomic E-state index is 0.555. The quantitative estimate of drug-likeness (QED) is 0.136. The highest BCUT2D eigenvalue weighted by Crippen LogP contribution is 2.36. The molecule has 10 aromatic carbocycles. The van der Waals surface area contributed by atoms with Crippen LogP contribution in [0.2, 0.25) is 0 Å². The van der Waals surface area contributed by atoms with E-state index in [9.17, 15) is 0 Å². The second-order valence-corrected chi connectivity index (χ2v) is 18.1. The minimum Gasteiger partial charge on any atom is -0.456 e. The average molecular weight is 934 g/mol. The summed E-state index contributed by atoms with van der Waals surface area (Å²) >= 11 is 0. The summed E-state index contributed by atoms with van der Waals surface area (Å²) in [5.74, 6) is 2.35. The van der Waals surface area contributed by atoms with Gasteiger partial charge in [0.1, 0.15) is 11.2 Å². The van der Waals surface area contributed by atoms with E-state index in [4.69, 9.17) is 29.3 Å². The normalized spacial score (nSPS) is 11.3. The van der Waals surface area contributed by atoms with E-state index in [1.807, 2.05) is 42.5 Å². The molecule has 0 N–H and O–H groups in total. The van der Waals surface area contributed by atoms with Crippen LogP contribution in [0.4, 0.5) is 0 Å². The number of nitrogens with zero attached hydrogens (tertiary/aromatic N) is 5. The zero-order valence-corrected chi connectivity index (χ0v) is 39.5. The topological polar surface area (TPSA) is 77.6 Å². The van der Waals surface area contributed by atoms with Crippen molar-refractivity contribution in [1.82, 2.24) is 24.9 Å². The molecular weight excluding hydrogens is 891 g/mol. The van der Waals surface area contributed by atoms with Crippen molar-refractivity contribution in [2.45, 2.75) is 0 Å². The molecule has 0 bridgehead atoms. The summed E-state index contributed by atoms with van der Waals surface area (Å²) in [7, 11) is 0. The summed E-state index contributed by atoms with van der Waals surface area (Å²) < 4.78 is 6.33. The minimum absolute atomic E-state index is 0.555. The van der Waals surface area contributed by atoms with Crippen LogP contribution in [0.15, 0.2) is 265 Å². The SMILES string of the molecule is c1ccc(-c2ccc(-c3cc(-c4cccc(-c5cccc(-c6nc(-c7cccc(-c8ccccc8)c7)nc(-c7ccc8c(c7)oc7ccccc78)n6)c5)c4)nc(-c4ccc(-c5ccccc5)cc4)n3)cc2)cc1. The molecule has 6 nitrogen and oxygen atoms in total. The van der Waals surface area contributed by atoms with Gasteiger partial charge >= 0.3 is 0 Å². The zero-order chi connectivity index (χ0) is 48.5. The van der Waals surface area contributed by atoms with Crippen LogP contribution in [0.3, 0.4) is 0 Å². The first-order valence-electron chi connectivity index (χ1n) is 24.4. The number of rotatable bonds is 10. The lowest BCUT2D eigenvalue weighted by molar-refractivity contribution is 0.669. The summed E-state index contributed by atoms with van der Waals surface area (Å²) in [6, 6.07) is 90.1. The van der Waals surface area contributed by atoms with Gasteiger partial charge in [-0.2, -0.15) is 0 Å². The van der Waals surface area contributed by atoms with Gasteiger partial charge in [-0.05, 0) is 87.0 Å². The van der Waals surface area contributed by atoms with E-state index >= 15 is 0 Å². The predicted molar refractivity (Wildman–Crippen MR) is 297 cm³/mol. The summed E-state index contributed by atoms with van der Waals surface area (Å²) in [5.41, 5.74) is 17.7. The molecule has 6 heteroatoms. The Morgan fingerprint density at radius 2 is 0.534 bits per heavy atom. The van der Waals surface area contributed by atoms with E-state index in [0.717, 1.165) is 106 Å². The van der Waals surface area contributed by atoms with E-state index in [-0.39, 0.29) is 0 Å². The lowest BCUT2D eigenvalue weighted by atomic mass is 9.98. The molecule has 0 unspecified atom stereocenters. The van der Waals surface area contributed by atoms with Gasteiger partial charge in [-0.15, -0.1) is 0 Å². The summed E-state index contributed by atoms with van der Waals surface area (Å²) in [5, 5.41) is 2.12. The lowest BCUT2D eigenvalue weighted by Gasteiger charge is -2.12. The first-order valence-corrected chi connectivity index (χ1v) is 24.4. The number of hydrogen-bond acceptors (Lipinski definition) is 6. The molecule has 0 aliphatic carbocycles. The van der Waals surface area contributed by atoms with Crippen molar-refractivity contribution in [2.75, 3.05) is 0 Å². The van der Waals surface area contributed by atoms with Crippen molar-refractivity contribution in [2.24, 2.45) is 0 Å². The maximum Gasteiger partial charge on any atom is 0.164 e. The molecule has 0 fully saturated rings. The van der Waals surface area contributed by atoms with Gasteiger partial charge in [0.25, 0.3) is 0 Å². The van der Waals surface area contributed by atoms with Gasteiger partial charge in [0.05, 0.1) is 11.4 Å². The van der Waals surface area contributed by atoms with Crippen molar-refractivity contribution in [3.8, 4) is 113 Å². The molecule has 73 heavy (non-hydrogen) atoms. The fraction of sp³-hybridized carbons (Fsp3) is 0. The molecule has 0 atom stereocenters. The van der Waals surface area contributed by atoms with Crippen LogP contribution in [-0.4, -0.2) is 24.9 Å². The van der Waals surface area contributed by atoms with E-state index in [1.165, 1.54) is 5.56 Å². The predicted octanol–water partition coefficient (Wildman–Crippen LogP) is 17.2. The zero-order valence-electron chi connectivity index (χ0n) is 39.5. The van der Waals surface area contributed by atoms with Gasteiger partial charge < -0.3 is 4.42 Å². The number of para-hydroxylation sites is 1. The average Bonchev–Trinajstić information content (AvgIpc) is 3.86. The van der Waals surface area contributed by atoms with Crippen LogP contribution in [0.25, 0.3) is 135 Å². The van der Waals surface area contributed by atoms with Crippen LogP contribution in [0.5, 0.6) is 0 Å². The number of fused-ring (bicyclic) bond motifs is 3. The van der Waals surface area contributed by atoms with Crippen LogP contribution in [0.1, 0.15) is 0 Å². The molecule has 0 saturated carbocycles. The van der Waals surface area contributed by atoms with Gasteiger partial charge in [0.2, 0.25) is 0 Å². The van der Waals surface area contributed by atoms with E-state index in [1.54, 1.807) is 0 Å². The molecule has 0 amide bonds. The Kier molecular flexibility index (Phi) is 11.1. The van der Waals surface area contributed by atoms with E-state index in [2.05, 4.69) is 218 Å². The molecule has 3 heterocycles. The first kappa shape index (κ1) is 43.1. The van der Waals surface area contributed by atoms with E-state index in [0.29, 0.717) is 23.3 Å². The lowest BCUT2D eigenvalue weighted by Crippen LogP contribution is -2.00. The van der Waals surface area contributed by atoms with Crippen LogP contribution >= 0.6 is 0 Å².